The first kappa shape index (κ1) is 16.0. The summed E-state index contributed by atoms with van der Waals surface area (Å²) in [6.07, 6.45) is 1.06. The van der Waals surface area contributed by atoms with Crippen LogP contribution < -0.4 is 10.5 Å². The highest BCUT2D eigenvalue weighted by molar-refractivity contribution is 5.48. The Labute approximate surface area is 117 Å². The maximum Gasteiger partial charge on any atom is 0.122 e. The van der Waals surface area contributed by atoms with Gasteiger partial charge in [0.05, 0.1) is 7.11 Å². The van der Waals surface area contributed by atoms with Crippen LogP contribution in [0.3, 0.4) is 0 Å². The number of rotatable bonds is 6. The summed E-state index contributed by atoms with van der Waals surface area (Å²) in [6.45, 7) is 10.4. The van der Waals surface area contributed by atoms with Gasteiger partial charge in [-0.1, -0.05) is 0 Å². The molecule has 0 bridgehead atoms. The van der Waals surface area contributed by atoms with E-state index in [4.69, 9.17) is 10.5 Å². The highest BCUT2D eigenvalue weighted by Gasteiger charge is 2.12. The molecule has 0 fully saturated rings. The van der Waals surface area contributed by atoms with Crippen LogP contribution in [0.5, 0.6) is 5.75 Å². The SMILES string of the molecule is COc1cc(C)c(CCN(C)C(C)CN)c(C)c1C. The van der Waals surface area contributed by atoms with E-state index in [1.165, 1.54) is 22.3 Å². The van der Waals surface area contributed by atoms with Gasteiger partial charge in [-0.05, 0) is 69.5 Å². The van der Waals surface area contributed by atoms with Crippen molar-refractivity contribution in [2.45, 2.75) is 40.2 Å². The second-order valence-corrected chi connectivity index (χ2v) is 5.44. The molecule has 0 spiro atoms. The molecule has 0 aromatic heterocycles. The van der Waals surface area contributed by atoms with E-state index in [1.807, 2.05) is 0 Å². The van der Waals surface area contributed by atoms with E-state index in [0.29, 0.717) is 12.6 Å². The molecule has 108 valence electrons. The Bertz CT molecular complexity index is 429. The van der Waals surface area contributed by atoms with Crippen molar-refractivity contribution < 1.29 is 4.74 Å². The molecule has 0 radical (unpaired) electrons. The Balaban J connectivity index is 2.88. The first-order valence-corrected chi connectivity index (χ1v) is 6.96. The molecule has 3 heteroatoms. The largest absolute Gasteiger partial charge is 0.496 e. The lowest BCUT2D eigenvalue weighted by molar-refractivity contribution is 0.266. The molecule has 1 rings (SSSR count). The molecule has 1 aromatic rings. The van der Waals surface area contributed by atoms with Gasteiger partial charge in [0.1, 0.15) is 5.75 Å². The molecular formula is C16H28N2O. The van der Waals surface area contributed by atoms with Gasteiger partial charge in [0.25, 0.3) is 0 Å². The van der Waals surface area contributed by atoms with Crippen molar-refractivity contribution >= 4 is 0 Å². The second kappa shape index (κ2) is 6.92. The number of nitrogens with zero attached hydrogens (tertiary/aromatic N) is 1. The molecule has 0 aliphatic heterocycles. The standard InChI is InChI=1S/C16H28N2O/c1-11-9-16(19-6)14(4)13(3)15(11)7-8-18(5)12(2)10-17/h9,12H,7-8,10,17H2,1-6H3. The van der Waals surface area contributed by atoms with Gasteiger partial charge < -0.3 is 15.4 Å². The third-order valence-corrected chi connectivity index (χ3v) is 4.24. The second-order valence-electron chi connectivity index (χ2n) is 5.44. The monoisotopic (exact) mass is 264 g/mol. The third kappa shape index (κ3) is 3.71. The van der Waals surface area contributed by atoms with Gasteiger partial charge in [0, 0.05) is 19.1 Å². The predicted molar refractivity (Wildman–Crippen MR) is 82.1 cm³/mol. The van der Waals surface area contributed by atoms with Crippen molar-refractivity contribution in [3.8, 4) is 5.75 Å². The van der Waals surface area contributed by atoms with Crippen LogP contribution in [0.4, 0.5) is 0 Å². The quantitative estimate of drug-likeness (QED) is 0.857. The van der Waals surface area contributed by atoms with Crippen molar-refractivity contribution in [3.05, 3.63) is 28.3 Å². The van der Waals surface area contributed by atoms with E-state index in [2.05, 4.69) is 45.7 Å². The summed E-state index contributed by atoms with van der Waals surface area (Å²) in [5, 5.41) is 0. The number of aryl methyl sites for hydroxylation is 1. The smallest absolute Gasteiger partial charge is 0.122 e. The maximum atomic E-state index is 5.71. The van der Waals surface area contributed by atoms with Crippen LogP contribution in [0.15, 0.2) is 6.07 Å². The normalized spacial score (nSPS) is 12.8. The molecule has 0 heterocycles. The number of hydrogen-bond donors (Lipinski definition) is 1. The Morgan fingerprint density at radius 3 is 2.42 bits per heavy atom. The highest BCUT2D eigenvalue weighted by Crippen LogP contribution is 2.27. The van der Waals surface area contributed by atoms with Crippen LogP contribution in [0, 0.1) is 20.8 Å². The summed E-state index contributed by atoms with van der Waals surface area (Å²) in [6, 6.07) is 2.57. The van der Waals surface area contributed by atoms with E-state index in [0.717, 1.165) is 18.7 Å². The third-order valence-electron chi connectivity index (χ3n) is 4.24. The van der Waals surface area contributed by atoms with Gasteiger partial charge in [-0.2, -0.15) is 0 Å². The van der Waals surface area contributed by atoms with Crippen molar-refractivity contribution in [1.82, 2.24) is 4.90 Å². The van der Waals surface area contributed by atoms with E-state index >= 15 is 0 Å². The minimum Gasteiger partial charge on any atom is -0.496 e. The molecular weight excluding hydrogens is 236 g/mol. The number of nitrogens with two attached hydrogens (primary N) is 1. The summed E-state index contributed by atoms with van der Waals surface area (Å²) < 4.78 is 5.42. The van der Waals surface area contributed by atoms with Crippen LogP contribution in [-0.2, 0) is 6.42 Å². The van der Waals surface area contributed by atoms with Crippen LogP contribution in [-0.4, -0.2) is 38.2 Å². The topological polar surface area (TPSA) is 38.5 Å². The zero-order valence-electron chi connectivity index (χ0n) is 13.2. The number of hydrogen-bond acceptors (Lipinski definition) is 3. The first-order valence-electron chi connectivity index (χ1n) is 6.96. The van der Waals surface area contributed by atoms with Gasteiger partial charge in [-0.25, -0.2) is 0 Å². The van der Waals surface area contributed by atoms with Gasteiger partial charge in [0.2, 0.25) is 0 Å². The highest BCUT2D eigenvalue weighted by atomic mass is 16.5. The van der Waals surface area contributed by atoms with Gasteiger partial charge in [0.15, 0.2) is 0 Å². The van der Waals surface area contributed by atoms with Crippen molar-refractivity contribution in [2.75, 3.05) is 27.2 Å². The van der Waals surface area contributed by atoms with Crippen LogP contribution in [0.25, 0.3) is 0 Å². The number of methoxy groups -OCH3 is 1. The van der Waals surface area contributed by atoms with Gasteiger partial charge in [-0.3, -0.25) is 0 Å². The van der Waals surface area contributed by atoms with Gasteiger partial charge in [-0.15, -0.1) is 0 Å². The molecule has 0 aliphatic carbocycles. The Morgan fingerprint density at radius 2 is 1.89 bits per heavy atom. The zero-order chi connectivity index (χ0) is 14.6. The number of ether oxygens (including phenoxy) is 1. The lowest BCUT2D eigenvalue weighted by Crippen LogP contribution is -2.36. The summed E-state index contributed by atoms with van der Waals surface area (Å²) in [5.74, 6) is 0.988. The van der Waals surface area contributed by atoms with E-state index in [-0.39, 0.29) is 0 Å². The number of benzene rings is 1. The number of likely N-dealkylation sites (N-methyl/N-ethyl adjacent to an activating group) is 1. The van der Waals surface area contributed by atoms with E-state index in [9.17, 15) is 0 Å². The summed E-state index contributed by atoms with van der Waals surface area (Å²) >= 11 is 0. The molecule has 1 unspecified atom stereocenters. The Kier molecular flexibility index (Phi) is 5.83. The average molecular weight is 264 g/mol. The van der Waals surface area contributed by atoms with Crippen LogP contribution >= 0.6 is 0 Å². The van der Waals surface area contributed by atoms with E-state index < -0.39 is 0 Å². The average Bonchev–Trinajstić information content (AvgIpc) is 2.41. The fourth-order valence-corrected chi connectivity index (χ4v) is 2.38. The zero-order valence-corrected chi connectivity index (χ0v) is 13.2. The predicted octanol–water partition coefficient (Wildman–Crippen LogP) is 2.44. The lowest BCUT2D eigenvalue weighted by Gasteiger charge is -2.24. The van der Waals surface area contributed by atoms with Crippen LogP contribution in [0.1, 0.15) is 29.2 Å². The minimum atomic E-state index is 0.431. The summed E-state index contributed by atoms with van der Waals surface area (Å²) in [7, 11) is 3.87. The molecule has 1 atom stereocenters. The first-order chi connectivity index (χ1) is 8.92. The molecule has 0 saturated carbocycles. The van der Waals surface area contributed by atoms with Crippen LogP contribution in [0.2, 0.25) is 0 Å². The van der Waals surface area contributed by atoms with Crippen molar-refractivity contribution in [2.24, 2.45) is 5.73 Å². The van der Waals surface area contributed by atoms with Crippen molar-refractivity contribution in [3.63, 3.8) is 0 Å². The molecule has 0 saturated heterocycles. The minimum absolute atomic E-state index is 0.431. The Morgan fingerprint density at radius 1 is 1.26 bits per heavy atom. The summed E-state index contributed by atoms with van der Waals surface area (Å²) in [4.78, 5) is 2.32. The van der Waals surface area contributed by atoms with Gasteiger partial charge >= 0.3 is 0 Å². The fraction of sp³-hybridized carbons (Fsp3) is 0.625. The molecule has 1 aromatic carbocycles. The fourth-order valence-electron chi connectivity index (χ4n) is 2.38. The molecule has 19 heavy (non-hydrogen) atoms. The Hall–Kier alpha value is -1.06. The van der Waals surface area contributed by atoms with Crippen molar-refractivity contribution in [1.29, 1.82) is 0 Å². The molecule has 0 aliphatic rings. The summed E-state index contributed by atoms with van der Waals surface area (Å²) in [5.41, 5.74) is 11.1. The molecule has 2 N–H and O–H groups in total. The van der Waals surface area contributed by atoms with E-state index in [1.54, 1.807) is 7.11 Å². The lowest BCUT2D eigenvalue weighted by atomic mass is 9.95. The molecule has 0 amide bonds. The molecule has 3 nitrogen and oxygen atoms in total. The maximum absolute atomic E-state index is 5.71.